The van der Waals surface area contributed by atoms with Gasteiger partial charge in [0.15, 0.2) is 0 Å². The summed E-state index contributed by atoms with van der Waals surface area (Å²) in [5.74, 6) is 0.108. The van der Waals surface area contributed by atoms with Crippen molar-refractivity contribution in [3.05, 3.63) is 85.0 Å². The van der Waals surface area contributed by atoms with Crippen molar-refractivity contribution in [2.24, 2.45) is 0 Å². The summed E-state index contributed by atoms with van der Waals surface area (Å²) in [6.45, 7) is 9.80. The zero-order chi connectivity index (χ0) is 24.6. The van der Waals surface area contributed by atoms with Gasteiger partial charge in [-0.1, -0.05) is 60.7 Å². The molecule has 0 spiro atoms. The molecule has 0 aliphatic carbocycles. The number of rotatable bonds is 12. The number of benzene rings is 2. The van der Waals surface area contributed by atoms with E-state index in [0.29, 0.717) is 25.8 Å². The molecule has 1 heterocycles. The van der Waals surface area contributed by atoms with Crippen LogP contribution < -0.4 is 4.72 Å². The van der Waals surface area contributed by atoms with Crippen molar-refractivity contribution >= 4 is 15.9 Å². The molecule has 1 saturated heterocycles. The summed E-state index contributed by atoms with van der Waals surface area (Å²) >= 11 is 0. The standard InChI is InChI=1S/C28H36N2O3S/c1-4-7-8-17-28(31)30-19-18-26(29-34(32,33)6-3)27(30)21-22-13-11-15-24(20-22)25-16-10-9-14-23(25)12-5-2/h4-5,9-11,13-16,20,26-27,29H,1-2,6-8,12,17-19,21H2,3H3. The third-order valence-corrected chi connectivity index (χ3v) is 7.86. The summed E-state index contributed by atoms with van der Waals surface area (Å²) in [6, 6.07) is 16.1. The fraction of sp³-hybridized carbons (Fsp3) is 0.393. The maximum atomic E-state index is 13.0. The second kappa shape index (κ2) is 12.1. The third-order valence-electron chi connectivity index (χ3n) is 6.44. The zero-order valence-electron chi connectivity index (χ0n) is 20.1. The summed E-state index contributed by atoms with van der Waals surface area (Å²) in [7, 11) is -3.37. The maximum absolute atomic E-state index is 13.0. The van der Waals surface area contributed by atoms with Crippen LogP contribution in [0.5, 0.6) is 0 Å². The highest BCUT2D eigenvalue weighted by Gasteiger charge is 2.38. The number of nitrogens with zero attached hydrogens (tertiary/aromatic N) is 1. The van der Waals surface area contributed by atoms with Crippen LogP contribution in [-0.4, -0.2) is 43.6 Å². The first-order valence-corrected chi connectivity index (χ1v) is 13.7. The van der Waals surface area contributed by atoms with Crippen LogP contribution in [0.4, 0.5) is 0 Å². The van der Waals surface area contributed by atoms with Gasteiger partial charge in [0.05, 0.1) is 11.8 Å². The summed E-state index contributed by atoms with van der Waals surface area (Å²) in [6.07, 6.45) is 7.74. The van der Waals surface area contributed by atoms with Gasteiger partial charge in [-0.25, -0.2) is 13.1 Å². The van der Waals surface area contributed by atoms with Crippen LogP contribution in [0.1, 0.15) is 43.7 Å². The molecule has 1 N–H and O–H groups in total. The van der Waals surface area contributed by atoms with Crippen LogP contribution in [0.15, 0.2) is 73.8 Å². The Hall–Kier alpha value is -2.70. The van der Waals surface area contributed by atoms with Gasteiger partial charge >= 0.3 is 0 Å². The van der Waals surface area contributed by atoms with E-state index >= 15 is 0 Å². The highest BCUT2D eigenvalue weighted by Crippen LogP contribution is 2.28. The highest BCUT2D eigenvalue weighted by atomic mass is 32.2. The van der Waals surface area contributed by atoms with Gasteiger partial charge in [-0.15, -0.1) is 13.2 Å². The van der Waals surface area contributed by atoms with E-state index in [-0.39, 0.29) is 23.7 Å². The van der Waals surface area contributed by atoms with Crippen molar-refractivity contribution in [2.75, 3.05) is 12.3 Å². The monoisotopic (exact) mass is 480 g/mol. The Kier molecular flexibility index (Phi) is 9.25. The average Bonchev–Trinajstić information content (AvgIpc) is 3.21. The fourth-order valence-electron chi connectivity index (χ4n) is 4.65. The highest BCUT2D eigenvalue weighted by molar-refractivity contribution is 7.89. The average molecular weight is 481 g/mol. The van der Waals surface area contributed by atoms with Crippen molar-refractivity contribution in [1.29, 1.82) is 0 Å². The van der Waals surface area contributed by atoms with Crippen LogP contribution >= 0.6 is 0 Å². The normalized spacial score (nSPS) is 18.1. The van der Waals surface area contributed by atoms with E-state index in [9.17, 15) is 13.2 Å². The zero-order valence-corrected chi connectivity index (χ0v) is 20.9. The lowest BCUT2D eigenvalue weighted by atomic mass is 9.94. The Morgan fingerprint density at radius 3 is 2.68 bits per heavy atom. The molecule has 6 heteroatoms. The summed E-state index contributed by atoms with van der Waals surface area (Å²) in [5.41, 5.74) is 4.57. The molecule has 5 nitrogen and oxygen atoms in total. The van der Waals surface area contributed by atoms with Gasteiger partial charge in [-0.05, 0) is 61.3 Å². The Balaban J connectivity index is 1.87. The summed E-state index contributed by atoms with van der Waals surface area (Å²) in [5, 5.41) is 0. The molecule has 2 unspecified atom stereocenters. The Bertz CT molecular complexity index is 1110. The molecule has 0 aromatic heterocycles. The predicted molar refractivity (Wildman–Crippen MR) is 140 cm³/mol. The molecule has 1 amide bonds. The molecule has 1 aliphatic heterocycles. The van der Waals surface area contributed by atoms with Gasteiger partial charge < -0.3 is 4.90 Å². The van der Waals surface area contributed by atoms with Gasteiger partial charge in [0.2, 0.25) is 15.9 Å². The molecule has 2 aromatic rings. The lowest BCUT2D eigenvalue weighted by molar-refractivity contribution is -0.132. The number of carbonyl (C=O) groups excluding carboxylic acids is 1. The molecule has 0 saturated carbocycles. The number of hydrogen-bond donors (Lipinski definition) is 1. The SMILES string of the molecule is C=CCCCC(=O)N1CCC(NS(=O)(=O)CC)C1Cc1cccc(-c2ccccc2CC=C)c1. The van der Waals surface area contributed by atoms with Gasteiger partial charge in [-0.2, -0.15) is 0 Å². The smallest absolute Gasteiger partial charge is 0.222 e. The second-order valence-corrected chi connectivity index (χ2v) is 10.8. The van der Waals surface area contributed by atoms with Crippen LogP contribution in [0, 0.1) is 0 Å². The number of sulfonamides is 1. The van der Waals surface area contributed by atoms with Crippen molar-refractivity contribution in [3.8, 4) is 11.1 Å². The molecule has 3 rings (SSSR count). The van der Waals surface area contributed by atoms with Crippen LogP contribution in [0.25, 0.3) is 11.1 Å². The third kappa shape index (κ3) is 6.67. The lowest BCUT2D eigenvalue weighted by Crippen LogP contribution is -2.48. The van der Waals surface area contributed by atoms with Crippen LogP contribution in [-0.2, 0) is 27.7 Å². The molecule has 34 heavy (non-hydrogen) atoms. The number of unbranched alkanes of at least 4 members (excludes halogenated alkanes) is 1. The number of likely N-dealkylation sites (tertiary alicyclic amines) is 1. The van der Waals surface area contributed by atoms with Gasteiger partial charge in [-0.3, -0.25) is 4.79 Å². The number of carbonyl (C=O) groups is 1. The van der Waals surface area contributed by atoms with E-state index in [0.717, 1.165) is 36.0 Å². The van der Waals surface area contributed by atoms with E-state index in [1.54, 1.807) is 6.92 Å². The minimum atomic E-state index is -3.37. The summed E-state index contributed by atoms with van der Waals surface area (Å²) in [4.78, 5) is 14.9. The Labute approximate surface area is 204 Å². The van der Waals surface area contributed by atoms with Crippen molar-refractivity contribution < 1.29 is 13.2 Å². The van der Waals surface area contributed by atoms with E-state index in [1.165, 1.54) is 5.56 Å². The molecule has 2 aromatic carbocycles. The van der Waals surface area contributed by atoms with Crippen molar-refractivity contribution in [3.63, 3.8) is 0 Å². The minimum Gasteiger partial charge on any atom is -0.338 e. The maximum Gasteiger partial charge on any atom is 0.222 e. The first-order chi connectivity index (χ1) is 16.4. The number of hydrogen-bond acceptors (Lipinski definition) is 3. The minimum absolute atomic E-state index is 0.0269. The Morgan fingerprint density at radius 2 is 1.94 bits per heavy atom. The molecule has 0 bridgehead atoms. The lowest BCUT2D eigenvalue weighted by Gasteiger charge is -2.29. The van der Waals surface area contributed by atoms with Gasteiger partial charge in [0, 0.05) is 19.0 Å². The number of nitrogens with one attached hydrogen (secondary N) is 1. The quantitative estimate of drug-likeness (QED) is 0.347. The predicted octanol–water partition coefficient (Wildman–Crippen LogP) is 4.89. The van der Waals surface area contributed by atoms with Crippen LogP contribution in [0.3, 0.4) is 0 Å². The molecule has 182 valence electrons. The topological polar surface area (TPSA) is 66.5 Å². The van der Waals surface area contributed by atoms with Crippen molar-refractivity contribution in [2.45, 2.75) is 57.5 Å². The van der Waals surface area contributed by atoms with Gasteiger partial charge in [0.1, 0.15) is 0 Å². The van der Waals surface area contributed by atoms with Gasteiger partial charge in [0.25, 0.3) is 0 Å². The number of allylic oxidation sites excluding steroid dienone is 2. The van der Waals surface area contributed by atoms with E-state index < -0.39 is 10.0 Å². The molecule has 2 atom stereocenters. The van der Waals surface area contributed by atoms with Crippen molar-refractivity contribution in [1.82, 2.24) is 9.62 Å². The molecule has 0 radical (unpaired) electrons. The molecular weight excluding hydrogens is 444 g/mol. The van der Waals surface area contributed by atoms with E-state index in [1.807, 2.05) is 35.3 Å². The number of amides is 1. The Morgan fingerprint density at radius 1 is 1.15 bits per heavy atom. The van der Waals surface area contributed by atoms with E-state index in [4.69, 9.17) is 0 Å². The molecule has 1 aliphatic rings. The summed E-state index contributed by atoms with van der Waals surface area (Å²) < 4.78 is 27.5. The molecule has 1 fully saturated rings. The largest absolute Gasteiger partial charge is 0.338 e. The van der Waals surface area contributed by atoms with Crippen LogP contribution in [0.2, 0.25) is 0 Å². The fourth-order valence-corrected chi connectivity index (χ4v) is 5.55. The van der Waals surface area contributed by atoms with E-state index in [2.05, 4.69) is 48.2 Å². The molecular formula is C28H36N2O3S. The first-order valence-electron chi connectivity index (χ1n) is 12.1. The second-order valence-electron chi connectivity index (χ2n) is 8.81. The first kappa shape index (κ1) is 25.9.